The summed E-state index contributed by atoms with van der Waals surface area (Å²) >= 11 is 0. The van der Waals surface area contributed by atoms with Gasteiger partial charge in [-0.25, -0.2) is 0 Å². The van der Waals surface area contributed by atoms with Crippen LogP contribution in [0.5, 0.6) is 0 Å². The minimum Gasteiger partial charge on any atom is -0.366 e. The van der Waals surface area contributed by atoms with Gasteiger partial charge in [0.25, 0.3) is 0 Å². The van der Waals surface area contributed by atoms with E-state index in [2.05, 4.69) is 41.4 Å². The first-order valence-electron chi connectivity index (χ1n) is 3.99. The summed E-state index contributed by atoms with van der Waals surface area (Å²) < 4.78 is 0. The average molecular weight is 148 g/mol. The molecule has 1 aliphatic rings. The molecule has 0 fully saturated rings. The van der Waals surface area contributed by atoms with Crippen molar-refractivity contribution in [2.75, 3.05) is 23.4 Å². The molecule has 0 radical (unpaired) electrons. The lowest BCUT2D eigenvalue weighted by atomic mass is 10.3. The molecule has 2 heteroatoms. The van der Waals surface area contributed by atoms with E-state index in [9.17, 15) is 0 Å². The van der Waals surface area contributed by atoms with Crippen molar-refractivity contribution in [1.82, 2.24) is 0 Å². The second-order valence-electron chi connectivity index (χ2n) is 2.71. The summed E-state index contributed by atoms with van der Waals surface area (Å²) in [5, 5.41) is 3.33. The summed E-state index contributed by atoms with van der Waals surface area (Å²) in [6, 6.07) is 8.41. The monoisotopic (exact) mass is 148 g/mol. The molecule has 0 atom stereocenters. The highest BCUT2D eigenvalue weighted by molar-refractivity contribution is 5.74. The Morgan fingerprint density at radius 1 is 1.45 bits per heavy atom. The molecule has 0 unspecified atom stereocenters. The first-order chi connectivity index (χ1) is 5.42. The molecule has 1 aromatic carbocycles. The first-order valence-corrected chi connectivity index (χ1v) is 3.99. The predicted octanol–water partition coefficient (Wildman–Crippen LogP) is 1.90. The van der Waals surface area contributed by atoms with Gasteiger partial charge < -0.3 is 10.2 Å². The van der Waals surface area contributed by atoms with Crippen molar-refractivity contribution in [1.29, 1.82) is 0 Å². The van der Waals surface area contributed by atoms with E-state index in [0.29, 0.717) is 0 Å². The van der Waals surface area contributed by atoms with Gasteiger partial charge in [0.05, 0.1) is 18.0 Å². The van der Waals surface area contributed by atoms with Crippen LogP contribution in [0.3, 0.4) is 0 Å². The van der Waals surface area contributed by atoms with Crippen molar-refractivity contribution in [3.63, 3.8) is 0 Å². The SMILES string of the molecule is CCN1CNc2ccccc21. The number of para-hydroxylation sites is 2. The highest BCUT2D eigenvalue weighted by Crippen LogP contribution is 2.29. The van der Waals surface area contributed by atoms with E-state index in [1.165, 1.54) is 11.4 Å². The number of benzene rings is 1. The fourth-order valence-corrected chi connectivity index (χ4v) is 1.45. The van der Waals surface area contributed by atoms with Crippen LogP contribution >= 0.6 is 0 Å². The minimum atomic E-state index is 0.954. The van der Waals surface area contributed by atoms with Gasteiger partial charge in [0.1, 0.15) is 0 Å². The maximum Gasteiger partial charge on any atom is 0.0877 e. The Labute approximate surface area is 66.8 Å². The van der Waals surface area contributed by atoms with E-state index in [0.717, 1.165) is 13.2 Å². The molecular weight excluding hydrogens is 136 g/mol. The molecule has 1 heterocycles. The lowest BCUT2D eigenvalue weighted by molar-refractivity contribution is 0.911. The predicted molar refractivity (Wildman–Crippen MR) is 48.0 cm³/mol. The number of nitrogens with one attached hydrogen (secondary N) is 1. The molecule has 0 spiro atoms. The third-order valence-electron chi connectivity index (χ3n) is 2.09. The molecule has 0 aromatic heterocycles. The molecule has 1 aromatic rings. The Balaban J connectivity index is 2.39. The standard InChI is InChI=1S/C9H12N2/c1-2-11-7-10-8-5-3-4-6-9(8)11/h3-6,10H,2,7H2,1H3. The van der Waals surface area contributed by atoms with Crippen LogP contribution in [0, 0.1) is 0 Å². The number of rotatable bonds is 1. The fourth-order valence-electron chi connectivity index (χ4n) is 1.45. The number of nitrogens with zero attached hydrogens (tertiary/aromatic N) is 1. The highest BCUT2D eigenvalue weighted by atomic mass is 15.3. The maximum atomic E-state index is 3.33. The minimum absolute atomic E-state index is 0.954. The van der Waals surface area contributed by atoms with Gasteiger partial charge in [-0.15, -0.1) is 0 Å². The zero-order chi connectivity index (χ0) is 7.68. The molecular formula is C9H12N2. The highest BCUT2D eigenvalue weighted by Gasteiger charge is 2.14. The number of fused-ring (bicyclic) bond motifs is 1. The molecule has 2 nitrogen and oxygen atoms in total. The van der Waals surface area contributed by atoms with E-state index < -0.39 is 0 Å². The quantitative estimate of drug-likeness (QED) is 0.654. The van der Waals surface area contributed by atoms with E-state index in [-0.39, 0.29) is 0 Å². The molecule has 2 rings (SSSR count). The largest absolute Gasteiger partial charge is 0.366 e. The van der Waals surface area contributed by atoms with Gasteiger partial charge in [-0.05, 0) is 19.1 Å². The van der Waals surface area contributed by atoms with Crippen molar-refractivity contribution in [2.24, 2.45) is 0 Å². The summed E-state index contributed by atoms with van der Waals surface area (Å²) in [7, 11) is 0. The Morgan fingerprint density at radius 3 is 3.09 bits per heavy atom. The molecule has 1 aliphatic heterocycles. The lowest BCUT2D eigenvalue weighted by Crippen LogP contribution is -2.21. The second-order valence-corrected chi connectivity index (χ2v) is 2.71. The van der Waals surface area contributed by atoms with Gasteiger partial charge in [-0.3, -0.25) is 0 Å². The molecule has 0 bridgehead atoms. The zero-order valence-corrected chi connectivity index (χ0v) is 6.67. The third-order valence-corrected chi connectivity index (χ3v) is 2.09. The summed E-state index contributed by atoms with van der Waals surface area (Å²) in [6.45, 7) is 4.20. The van der Waals surface area contributed by atoms with Crippen LogP contribution in [0.15, 0.2) is 24.3 Å². The van der Waals surface area contributed by atoms with Gasteiger partial charge in [-0.2, -0.15) is 0 Å². The summed E-state index contributed by atoms with van der Waals surface area (Å²) in [4.78, 5) is 2.31. The maximum absolute atomic E-state index is 3.33. The Bertz CT molecular complexity index is 257. The van der Waals surface area contributed by atoms with Crippen molar-refractivity contribution < 1.29 is 0 Å². The normalized spacial score (nSPS) is 14.5. The van der Waals surface area contributed by atoms with Crippen LogP contribution in [-0.4, -0.2) is 13.2 Å². The van der Waals surface area contributed by atoms with Crippen LogP contribution < -0.4 is 10.2 Å². The number of hydrogen-bond acceptors (Lipinski definition) is 2. The summed E-state index contributed by atoms with van der Waals surface area (Å²) in [6.07, 6.45) is 0. The Kier molecular flexibility index (Phi) is 1.46. The van der Waals surface area contributed by atoms with Gasteiger partial charge in [-0.1, -0.05) is 12.1 Å². The molecule has 0 aliphatic carbocycles. The van der Waals surface area contributed by atoms with E-state index in [1.54, 1.807) is 0 Å². The molecule has 11 heavy (non-hydrogen) atoms. The van der Waals surface area contributed by atoms with Crippen LogP contribution in [0.4, 0.5) is 11.4 Å². The zero-order valence-electron chi connectivity index (χ0n) is 6.67. The number of anilines is 2. The van der Waals surface area contributed by atoms with Crippen molar-refractivity contribution in [3.8, 4) is 0 Å². The van der Waals surface area contributed by atoms with Crippen molar-refractivity contribution in [3.05, 3.63) is 24.3 Å². The van der Waals surface area contributed by atoms with Gasteiger partial charge >= 0.3 is 0 Å². The lowest BCUT2D eigenvalue weighted by Gasteiger charge is -2.13. The molecule has 0 saturated carbocycles. The smallest absolute Gasteiger partial charge is 0.0877 e. The first kappa shape index (κ1) is 6.53. The molecule has 58 valence electrons. The van der Waals surface area contributed by atoms with Gasteiger partial charge in [0.15, 0.2) is 0 Å². The third kappa shape index (κ3) is 0.946. The van der Waals surface area contributed by atoms with Crippen LogP contribution in [0.1, 0.15) is 6.92 Å². The van der Waals surface area contributed by atoms with Crippen LogP contribution in [-0.2, 0) is 0 Å². The van der Waals surface area contributed by atoms with E-state index >= 15 is 0 Å². The van der Waals surface area contributed by atoms with Gasteiger partial charge in [0.2, 0.25) is 0 Å². The molecule has 0 amide bonds. The second kappa shape index (κ2) is 2.46. The van der Waals surface area contributed by atoms with E-state index in [4.69, 9.17) is 0 Å². The van der Waals surface area contributed by atoms with E-state index in [1.807, 2.05) is 0 Å². The molecule has 1 N–H and O–H groups in total. The summed E-state index contributed by atoms with van der Waals surface area (Å²) in [5.74, 6) is 0. The topological polar surface area (TPSA) is 15.3 Å². The number of hydrogen-bond donors (Lipinski definition) is 1. The Morgan fingerprint density at radius 2 is 2.27 bits per heavy atom. The van der Waals surface area contributed by atoms with Crippen molar-refractivity contribution >= 4 is 11.4 Å². The fraction of sp³-hybridized carbons (Fsp3) is 0.333. The molecule has 0 saturated heterocycles. The Hall–Kier alpha value is -1.18. The average Bonchev–Trinajstić information content (AvgIpc) is 2.47. The van der Waals surface area contributed by atoms with Gasteiger partial charge in [0, 0.05) is 6.54 Å². The van der Waals surface area contributed by atoms with Crippen LogP contribution in [0.25, 0.3) is 0 Å². The summed E-state index contributed by atoms with van der Waals surface area (Å²) in [5.41, 5.74) is 2.59. The van der Waals surface area contributed by atoms with Crippen molar-refractivity contribution in [2.45, 2.75) is 6.92 Å². The van der Waals surface area contributed by atoms with Crippen LogP contribution in [0.2, 0.25) is 0 Å².